The third kappa shape index (κ3) is 7.00. The van der Waals surface area contributed by atoms with E-state index < -0.39 is 6.04 Å². The molecule has 0 spiro atoms. The number of rotatable bonds is 10. The van der Waals surface area contributed by atoms with Crippen LogP contribution in [-0.4, -0.2) is 35.4 Å². The summed E-state index contributed by atoms with van der Waals surface area (Å²) in [6.45, 7) is 9.98. The maximum absolute atomic E-state index is 13.2. The lowest BCUT2D eigenvalue weighted by atomic mass is 10.1. The van der Waals surface area contributed by atoms with Crippen molar-refractivity contribution in [1.82, 2.24) is 10.2 Å². The molecule has 2 rings (SSSR count). The van der Waals surface area contributed by atoms with Crippen LogP contribution in [0.4, 0.5) is 0 Å². The Labute approximate surface area is 190 Å². The van der Waals surface area contributed by atoms with Crippen LogP contribution in [0.2, 0.25) is 5.02 Å². The molecule has 0 unspecified atom stereocenters. The van der Waals surface area contributed by atoms with Gasteiger partial charge in [-0.05, 0) is 68.5 Å². The van der Waals surface area contributed by atoms with Gasteiger partial charge >= 0.3 is 0 Å². The summed E-state index contributed by atoms with van der Waals surface area (Å²) in [4.78, 5) is 27.8. The molecule has 0 bridgehead atoms. The fourth-order valence-corrected chi connectivity index (χ4v) is 3.38. The first-order valence-corrected chi connectivity index (χ1v) is 11.2. The zero-order valence-electron chi connectivity index (χ0n) is 19.1. The van der Waals surface area contributed by atoms with Crippen molar-refractivity contribution in [2.75, 3.05) is 6.61 Å². The molecule has 31 heavy (non-hydrogen) atoms. The lowest BCUT2D eigenvalue weighted by Gasteiger charge is -2.31. The lowest BCUT2D eigenvalue weighted by Crippen LogP contribution is -2.51. The van der Waals surface area contributed by atoms with E-state index in [1.165, 1.54) is 0 Å². The highest BCUT2D eigenvalue weighted by molar-refractivity contribution is 6.31. The van der Waals surface area contributed by atoms with E-state index in [1.54, 1.807) is 23.1 Å². The molecule has 1 N–H and O–H groups in total. The van der Waals surface area contributed by atoms with E-state index in [0.717, 1.165) is 23.1 Å². The predicted octanol–water partition coefficient (Wildman–Crippen LogP) is 5.06. The van der Waals surface area contributed by atoms with E-state index in [9.17, 15) is 9.59 Å². The van der Waals surface area contributed by atoms with Crippen molar-refractivity contribution in [1.29, 1.82) is 0 Å². The van der Waals surface area contributed by atoms with E-state index >= 15 is 0 Å². The van der Waals surface area contributed by atoms with Gasteiger partial charge in [0.2, 0.25) is 5.91 Å². The second kappa shape index (κ2) is 11.8. The van der Waals surface area contributed by atoms with Gasteiger partial charge in [-0.15, -0.1) is 0 Å². The fraction of sp³-hybridized carbons (Fsp3) is 0.440. The minimum atomic E-state index is -0.573. The highest BCUT2D eigenvalue weighted by Crippen LogP contribution is 2.22. The number of hydrogen-bond acceptors (Lipinski definition) is 3. The average molecular weight is 445 g/mol. The molecular weight excluding hydrogens is 412 g/mol. The molecule has 2 atom stereocenters. The SMILES string of the molecule is CC[C@H](C(=O)N[C@@H](C)CC)N(Cc1ccccc1C)C(=O)COc1ccc(Cl)c(C)c1. The van der Waals surface area contributed by atoms with Gasteiger partial charge in [0.15, 0.2) is 6.61 Å². The van der Waals surface area contributed by atoms with Crippen molar-refractivity contribution in [3.05, 3.63) is 64.2 Å². The lowest BCUT2D eigenvalue weighted by molar-refractivity contribution is -0.143. The summed E-state index contributed by atoms with van der Waals surface area (Å²) in [5.41, 5.74) is 2.96. The molecule has 168 valence electrons. The van der Waals surface area contributed by atoms with Gasteiger partial charge in [0, 0.05) is 17.6 Å². The van der Waals surface area contributed by atoms with Gasteiger partial charge in [0.25, 0.3) is 5.91 Å². The van der Waals surface area contributed by atoms with Crippen LogP contribution in [0, 0.1) is 13.8 Å². The Morgan fingerprint density at radius 1 is 1.06 bits per heavy atom. The highest BCUT2D eigenvalue weighted by atomic mass is 35.5. The number of hydrogen-bond donors (Lipinski definition) is 1. The third-order valence-corrected chi connectivity index (χ3v) is 5.90. The highest BCUT2D eigenvalue weighted by Gasteiger charge is 2.29. The van der Waals surface area contributed by atoms with E-state index in [0.29, 0.717) is 23.7 Å². The smallest absolute Gasteiger partial charge is 0.261 e. The molecule has 0 aromatic heterocycles. The summed E-state index contributed by atoms with van der Waals surface area (Å²) in [5.74, 6) is 0.200. The number of nitrogens with one attached hydrogen (secondary N) is 1. The maximum Gasteiger partial charge on any atom is 0.261 e. The van der Waals surface area contributed by atoms with Crippen LogP contribution in [0.15, 0.2) is 42.5 Å². The van der Waals surface area contributed by atoms with Crippen molar-refractivity contribution < 1.29 is 14.3 Å². The molecule has 0 saturated heterocycles. The Balaban J connectivity index is 2.24. The van der Waals surface area contributed by atoms with Crippen molar-refractivity contribution in [2.24, 2.45) is 0 Å². The van der Waals surface area contributed by atoms with Crippen molar-refractivity contribution in [3.8, 4) is 5.75 Å². The first-order valence-electron chi connectivity index (χ1n) is 10.8. The fourth-order valence-electron chi connectivity index (χ4n) is 3.27. The van der Waals surface area contributed by atoms with Crippen LogP contribution >= 0.6 is 11.6 Å². The van der Waals surface area contributed by atoms with Crippen LogP contribution in [0.5, 0.6) is 5.75 Å². The number of halogens is 1. The van der Waals surface area contributed by atoms with Gasteiger partial charge < -0.3 is 15.0 Å². The standard InChI is InChI=1S/C25H33ClN2O3/c1-6-19(5)27-25(30)23(7-2)28(15-20-11-9-8-10-17(20)3)24(29)16-31-21-12-13-22(26)18(4)14-21/h8-14,19,23H,6-7,15-16H2,1-5H3,(H,27,30)/t19-,23+/m0/s1. The Hall–Kier alpha value is -2.53. The molecule has 2 aromatic rings. The second-order valence-corrected chi connectivity index (χ2v) is 8.30. The first-order chi connectivity index (χ1) is 14.8. The molecule has 0 heterocycles. The van der Waals surface area contributed by atoms with Crippen LogP contribution in [-0.2, 0) is 16.1 Å². The zero-order valence-corrected chi connectivity index (χ0v) is 19.8. The summed E-state index contributed by atoms with van der Waals surface area (Å²) in [6, 6.07) is 12.7. The molecule has 6 heteroatoms. The molecular formula is C25H33ClN2O3. The van der Waals surface area contributed by atoms with Gasteiger partial charge in [-0.2, -0.15) is 0 Å². The number of benzene rings is 2. The van der Waals surface area contributed by atoms with Gasteiger partial charge in [0.05, 0.1) is 0 Å². The zero-order chi connectivity index (χ0) is 23.0. The summed E-state index contributed by atoms with van der Waals surface area (Å²) in [5, 5.41) is 3.66. The largest absolute Gasteiger partial charge is 0.484 e. The number of aryl methyl sites for hydroxylation is 2. The number of carbonyl (C=O) groups excluding carboxylic acids is 2. The molecule has 0 saturated carbocycles. The van der Waals surface area contributed by atoms with Crippen molar-refractivity contribution in [2.45, 2.75) is 66.1 Å². The normalized spacial score (nSPS) is 12.7. The summed E-state index contributed by atoms with van der Waals surface area (Å²) in [7, 11) is 0. The molecule has 0 aliphatic rings. The van der Waals surface area contributed by atoms with E-state index in [2.05, 4.69) is 5.32 Å². The summed E-state index contributed by atoms with van der Waals surface area (Å²) in [6.07, 6.45) is 1.34. The minimum Gasteiger partial charge on any atom is -0.484 e. The topological polar surface area (TPSA) is 58.6 Å². The maximum atomic E-state index is 13.2. The van der Waals surface area contributed by atoms with Crippen LogP contribution in [0.1, 0.15) is 50.3 Å². The monoisotopic (exact) mass is 444 g/mol. The van der Waals surface area contributed by atoms with Gasteiger partial charge in [-0.3, -0.25) is 9.59 Å². The molecule has 0 aliphatic heterocycles. The number of carbonyl (C=O) groups is 2. The minimum absolute atomic E-state index is 0.0465. The summed E-state index contributed by atoms with van der Waals surface area (Å²) < 4.78 is 5.75. The molecule has 2 aromatic carbocycles. The Kier molecular flexibility index (Phi) is 9.38. The van der Waals surface area contributed by atoms with Gasteiger partial charge in [-0.25, -0.2) is 0 Å². The van der Waals surface area contributed by atoms with Crippen molar-refractivity contribution in [3.63, 3.8) is 0 Å². The Bertz CT molecular complexity index is 900. The number of nitrogens with zero attached hydrogens (tertiary/aromatic N) is 1. The molecule has 5 nitrogen and oxygen atoms in total. The predicted molar refractivity (Wildman–Crippen MR) is 125 cm³/mol. The van der Waals surface area contributed by atoms with Crippen molar-refractivity contribution >= 4 is 23.4 Å². The van der Waals surface area contributed by atoms with Gasteiger partial charge in [-0.1, -0.05) is 49.7 Å². The van der Waals surface area contributed by atoms with E-state index in [-0.39, 0.29) is 24.5 Å². The Morgan fingerprint density at radius 2 is 1.77 bits per heavy atom. The van der Waals surface area contributed by atoms with Crippen LogP contribution in [0.25, 0.3) is 0 Å². The molecule has 0 fully saturated rings. The Morgan fingerprint density at radius 3 is 2.39 bits per heavy atom. The number of ether oxygens (including phenoxy) is 1. The third-order valence-electron chi connectivity index (χ3n) is 5.48. The average Bonchev–Trinajstić information content (AvgIpc) is 2.75. The first kappa shape index (κ1) is 24.7. The summed E-state index contributed by atoms with van der Waals surface area (Å²) >= 11 is 6.07. The van der Waals surface area contributed by atoms with Crippen LogP contribution < -0.4 is 10.1 Å². The molecule has 2 amide bonds. The van der Waals surface area contributed by atoms with E-state index in [4.69, 9.17) is 16.3 Å². The van der Waals surface area contributed by atoms with E-state index in [1.807, 2.05) is 58.9 Å². The quantitative estimate of drug-likeness (QED) is 0.557. The van der Waals surface area contributed by atoms with Crippen LogP contribution in [0.3, 0.4) is 0 Å². The number of amides is 2. The second-order valence-electron chi connectivity index (χ2n) is 7.89. The molecule has 0 radical (unpaired) electrons. The van der Waals surface area contributed by atoms with Gasteiger partial charge in [0.1, 0.15) is 11.8 Å². The molecule has 0 aliphatic carbocycles.